The normalized spacial score (nSPS) is 22.4. The summed E-state index contributed by atoms with van der Waals surface area (Å²) in [5.74, 6) is 0.876. The Labute approximate surface area is 131 Å². The van der Waals surface area contributed by atoms with Gasteiger partial charge >= 0.3 is 0 Å². The van der Waals surface area contributed by atoms with Gasteiger partial charge in [-0.2, -0.15) is 0 Å². The highest BCUT2D eigenvalue weighted by Gasteiger charge is 2.44. The molecule has 1 aromatic rings. The lowest BCUT2D eigenvalue weighted by Crippen LogP contribution is -2.27. The topological polar surface area (TPSA) is 46.2 Å². The lowest BCUT2D eigenvalue weighted by atomic mass is 10.1. The molecule has 0 aromatic heterocycles. The number of carbonyl (C=O) groups is 1. The predicted molar refractivity (Wildman–Crippen MR) is 83.9 cm³/mol. The maximum Gasteiger partial charge on any atom is 0.223 e. The third-order valence-electron chi connectivity index (χ3n) is 3.40. The molecule has 1 aromatic carbocycles. The molecule has 1 aliphatic carbocycles. The molecule has 1 saturated carbocycles. The standard InChI is InChI=1S/C14H17Cl2NO2S/c1-20(19)6-2-5-17-14(18)12-8-11(12)10-4-3-9(15)7-13(10)16/h3-4,7,11-12H,2,5-6,8H2,1H3,(H,17,18). The summed E-state index contributed by atoms with van der Waals surface area (Å²) in [6, 6.07) is 5.40. The first-order chi connectivity index (χ1) is 9.49. The molecule has 2 rings (SSSR count). The Bertz CT molecular complexity index is 536. The number of hydrogen-bond acceptors (Lipinski definition) is 2. The smallest absolute Gasteiger partial charge is 0.223 e. The largest absolute Gasteiger partial charge is 0.356 e. The van der Waals surface area contributed by atoms with Gasteiger partial charge in [0, 0.05) is 45.3 Å². The van der Waals surface area contributed by atoms with Crippen LogP contribution < -0.4 is 5.32 Å². The Kier molecular flexibility index (Phi) is 5.47. The van der Waals surface area contributed by atoms with Crippen LogP contribution in [0, 0.1) is 5.92 Å². The van der Waals surface area contributed by atoms with Gasteiger partial charge in [-0.15, -0.1) is 0 Å². The highest BCUT2D eigenvalue weighted by molar-refractivity contribution is 7.84. The van der Waals surface area contributed by atoms with Crippen molar-refractivity contribution < 1.29 is 9.00 Å². The fourth-order valence-corrected chi connectivity index (χ4v) is 3.35. The van der Waals surface area contributed by atoms with Gasteiger partial charge in [-0.25, -0.2) is 0 Å². The average molecular weight is 334 g/mol. The summed E-state index contributed by atoms with van der Waals surface area (Å²) in [5.41, 5.74) is 0.992. The molecule has 0 heterocycles. The van der Waals surface area contributed by atoms with E-state index in [0.717, 1.165) is 18.4 Å². The number of halogens is 2. The monoisotopic (exact) mass is 333 g/mol. The predicted octanol–water partition coefficient (Wildman–Crippen LogP) is 2.98. The molecule has 0 radical (unpaired) electrons. The van der Waals surface area contributed by atoms with Crippen molar-refractivity contribution in [1.29, 1.82) is 0 Å². The molecule has 1 amide bonds. The molecule has 0 saturated heterocycles. The van der Waals surface area contributed by atoms with Crippen molar-refractivity contribution in [2.24, 2.45) is 5.92 Å². The van der Waals surface area contributed by atoms with Crippen LogP contribution in [-0.4, -0.2) is 28.7 Å². The first-order valence-electron chi connectivity index (χ1n) is 6.51. The third kappa shape index (κ3) is 4.21. The quantitative estimate of drug-likeness (QED) is 0.813. The van der Waals surface area contributed by atoms with E-state index in [1.165, 1.54) is 0 Å². The van der Waals surface area contributed by atoms with Crippen molar-refractivity contribution in [3.8, 4) is 0 Å². The Morgan fingerprint density at radius 3 is 2.85 bits per heavy atom. The van der Waals surface area contributed by atoms with Crippen LogP contribution in [0.1, 0.15) is 24.3 Å². The van der Waals surface area contributed by atoms with Crippen LogP contribution in [0.3, 0.4) is 0 Å². The maximum absolute atomic E-state index is 12.0. The summed E-state index contributed by atoms with van der Waals surface area (Å²) in [6.45, 7) is 0.579. The summed E-state index contributed by atoms with van der Waals surface area (Å²) < 4.78 is 10.9. The van der Waals surface area contributed by atoms with E-state index in [2.05, 4.69) is 5.32 Å². The van der Waals surface area contributed by atoms with E-state index >= 15 is 0 Å². The van der Waals surface area contributed by atoms with E-state index in [0.29, 0.717) is 22.3 Å². The Morgan fingerprint density at radius 2 is 2.20 bits per heavy atom. The van der Waals surface area contributed by atoms with Crippen molar-refractivity contribution >= 4 is 39.9 Å². The highest BCUT2D eigenvalue weighted by atomic mass is 35.5. The second-order valence-electron chi connectivity index (χ2n) is 5.04. The van der Waals surface area contributed by atoms with Crippen LogP contribution in [0.4, 0.5) is 0 Å². The molecule has 20 heavy (non-hydrogen) atoms. The van der Waals surface area contributed by atoms with Crippen molar-refractivity contribution in [2.75, 3.05) is 18.6 Å². The molecular formula is C14H17Cl2NO2S. The van der Waals surface area contributed by atoms with E-state index in [1.807, 2.05) is 6.07 Å². The number of amides is 1. The van der Waals surface area contributed by atoms with Crippen molar-refractivity contribution in [3.63, 3.8) is 0 Å². The summed E-state index contributed by atoms with van der Waals surface area (Å²) in [5, 5.41) is 4.12. The van der Waals surface area contributed by atoms with Gasteiger partial charge in [0.05, 0.1) is 0 Å². The molecule has 3 unspecified atom stereocenters. The van der Waals surface area contributed by atoms with Crippen molar-refractivity contribution in [1.82, 2.24) is 5.32 Å². The lowest BCUT2D eigenvalue weighted by molar-refractivity contribution is -0.122. The Morgan fingerprint density at radius 1 is 1.45 bits per heavy atom. The van der Waals surface area contributed by atoms with Gasteiger partial charge in [0.2, 0.25) is 5.91 Å². The van der Waals surface area contributed by atoms with Gasteiger partial charge in [0.1, 0.15) is 0 Å². The third-order valence-corrected chi connectivity index (χ3v) is 4.82. The first kappa shape index (κ1) is 15.8. The minimum atomic E-state index is -0.799. The summed E-state index contributed by atoms with van der Waals surface area (Å²) in [4.78, 5) is 12.0. The lowest BCUT2D eigenvalue weighted by Gasteiger charge is -2.06. The summed E-state index contributed by atoms with van der Waals surface area (Å²) in [6.07, 6.45) is 3.24. The van der Waals surface area contributed by atoms with E-state index in [-0.39, 0.29) is 17.7 Å². The highest BCUT2D eigenvalue weighted by Crippen LogP contribution is 2.49. The maximum atomic E-state index is 12.0. The number of benzene rings is 1. The number of rotatable bonds is 6. The molecule has 0 aliphatic heterocycles. The summed E-state index contributed by atoms with van der Waals surface area (Å²) in [7, 11) is -0.799. The van der Waals surface area contributed by atoms with E-state index in [9.17, 15) is 9.00 Å². The molecule has 1 fully saturated rings. The van der Waals surface area contributed by atoms with E-state index in [1.54, 1.807) is 18.4 Å². The molecule has 3 nitrogen and oxygen atoms in total. The molecule has 3 atom stereocenters. The minimum absolute atomic E-state index is 0.000740. The van der Waals surface area contributed by atoms with Crippen molar-refractivity contribution in [2.45, 2.75) is 18.8 Å². The number of nitrogens with one attached hydrogen (secondary N) is 1. The zero-order chi connectivity index (χ0) is 14.7. The molecule has 110 valence electrons. The van der Waals surface area contributed by atoms with Crippen LogP contribution >= 0.6 is 23.2 Å². The van der Waals surface area contributed by atoms with Crippen LogP contribution in [-0.2, 0) is 15.6 Å². The zero-order valence-corrected chi connectivity index (χ0v) is 13.5. The fraction of sp³-hybridized carbons (Fsp3) is 0.500. The fourth-order valence-electron chi connectivity index (χ4n) is 2.25. The molecule has 0 spiro atoms. The van der Waals surface area contributed by atoms with E-state index in [4.69, 9.17) is 23.2 Å². The molecule has 6 heteroatoms. The van der Waals surface area contributed by atoms with Crippen LogP contribution in [0.5, 0.6) is 0 Å². The van der Waals surface area contributed by atoms with Gasteiger partial charge in [-0.05, 0) is 36.5 Å². The van der Waals surface area contributed by atoms with Gasteiger partial charge in [-0.1, -0.05) is 29.3 Å². The molecule has 0 bridgehead atoms. The second-order valence-corrected chi connectivity index (χ2v) is 7.43. The van der Waals surface area contributed by atoms with Crippen molar-refractivity contribution in [3.05, 3.63) is 33.8 Å². The van der Waals surface area contributed by atoms with Crippen LogP contribution in [0.15, 0.2) is 18.2 Å². The minimum Gasteiger partial charge on any atom is -0.356 e. The first-order valence-corrected chi connectivity index (χ1v) is 9.00. The van der Waals surface area contributed by atoms with E-state index < -0.39 is 10.8 Å². The second kappa shape index (κ2) is 6.92. The molecule has 1 aliphatic rings. The Balaban J connectivity index is 1.82. The van der Waals surface area contributed by atoms with Gasteiger partial charge in [-0.3, -0.25) is 9.00 Å². The molecule has 1 N–H and O–H groups in total. The zero-order valence-electron chi connectivity index (χ0n) is 11.2. The summed E-state index contributed by atoms with van der Waals surface area (Å²) >= 11 is 12.0. The van der Waals surface area contributed by atoms with Gasteiger partial charge < -0.3 is 5.32 Å². The average Bonchev–Trinajstić information content (AvgIpc) is 3.14. The number of hydrogen-bond donors (Lipinski definition) is 1. The van der Waals surface area contributed by atoms with Crippen LogP contribution in [0.25, 0.3) is 0 Å². The van der Waals surface area contributed by atoms with Gasteiger partial charge in [0.25, 0.3) is 0 Å². The van der Waals surface area contributed by atoms with Gasteiger partial charge in [0.15, 0.2) is 0 Å². The number of carbonyl (C=O) groups excluding carboxylic acids is 1. The van der Waals surface area contributed by atoms with Crippen LogP contribution in [0.2, 0.25) is 10.0 Å². The SMILES string of the molecule is CS(=O)CCCNC(=O)C1CC1c1ccc(Cl)cc1Cl. The molecular weight excluding hydrogens is 317 g/mol. The Hall–Kier alpha value is -0.580.